The highest BCUT2D eigenvalue weighted by atomic mass is 19.1. The fourth-order valence-electron chi connectivity index (χ4n) is 2.61. The van der Waals surface area contributed by atoms with Crippen LogP contribution in [0.4, 0.5) is 10.1 Å². The average molecular weight is 295 g/mol. The topological polar surface area (TPSA) is 75.5 Å². The number of rotatable bonds is 4. The first kappa shape index (κ1) is 15.4. The van der Waals surface area contributed by atoms with Gasteiger partial charge in [0.15, 0.2) is 0 Å². The van der Waals surface area contributed by atoms with Gasteiger partial charge in [-0.3, -0.25) is 14.9 Å². The van der Waals surface area contributed by atoms with Crippen molar-refractivity contribution in [3.05, 3.63) is 39.7 Å². The molecule has 1 amide bonds. The molecule has 1 unspecified atom stereocenters. The number of nitrogens with zero attached hydrogens (tertiary/aromatic N) is 2. The highest BCUT2D eigenvalue weighted by Crippen LogP contribution is 2.21. The Kier molecular flexibility index (Phi) is 4.85. The number of non-ortho nitro benzene ring substituents is 1. The standard InChI is InChI=1S/C14H18FN3O3/c1-2-17(11-4-3-7-16-9-11)14(19)12-8-10(18(20)21)5-6-13(12)15/h5-6,8,11,16H,2-4,7,9H2,1H3. The van der Waals surface area contributed by atoms with Gasteiger partial charge in [-0.15, -0.1) is 0 Å². The molecule has 1 saturated heterocycles. The molecule has 21 heavy (non-hydrogen) atoms. The summed E-state index contributed by atoms with van der Waals surface area (Å²) in [5.74, 6) is -1.22. The maximum Gasteiger partial charge on any atom is 0.270 e. The van der Waals surface area contributed by atoms with E-state index in [-0.39, 0.29) is 17.3 Å². The van der Waals surface area contributed by atoms with Gasteiger partial charge in [0.2, 0.25) is 0 Å². The Bertz CT molecular complexity index is 544. The molecule has 1 aliphatic rings. The summed E-state index contributed by atoms with van der Waals surface area (Å²) in [7, 11) is 0. The average Bonchev–Trinajstić information content (AvgIpc) is 2.49. The molecule has 6 nitrogen and oxygen atoms in total. The fraction of sp³-hybridized carbons (Fsp3) is 0.500. The quantitative estimate of drug-likeness (QED) is 0.680. The Morgan fingerprint density at radius 1 is 1.57 bits per heavy atom. The monoisotopic (exact) mass is 295 g/mol. The fourth-order valence-corrected chi connectivity index (χ4v) is 2.61. The summed E-state index contributed by atoms with van der Waals surface area (Å²) >= 11 is 0. The summed E-state index contributed by atoms with van der Waals surface area (Å²) in [5, 5.41) is 14.0. The normalized spacial score (nSPS) is 18.3. The minimum absolute atomic E-state index is 0.00471. The second kappa shape index (κ2) is 6.62. The highest BCUT2D eigenvalue weighted by Gasteiger charge is 2.27. The van der Waals surface area contributed by atoms with Crippen LogP contribution >= 0.6 is 0 Å². The lowest BCUT2D eigenvalue weighted by atomic mass is 10.0. The van der Waals surface area contributed by atoms with Gasteiger partial charge in [0, 0.05) is 31.3 Å². The van der Waals surface area contributed by atoms with Crippen LogP contribution in [0.2, 0.25) is 0 Å². The van der Waals surface area contributed by atoms with Crippen molar-refractivity contribution in [2.45, 2.75) is 25.8 Å². The minimum atomic E-state index is -0.729. The van der Waals surface area contributed by atoms with Gasteiger partial charge in [-0.05, 0) is 32.4 Å². The third kappa shape index (κ3) is 3.36. The Balaban J connectivity index is 2.28. The van der Waals surface area contributed by atoms with E-state index >= 15 is 0 Å². The number of hydrogen-bond donors (Lipinski definition) is 1. The summed E-state index contributed by atoms with van der Waals surface area (Å²) < 4.78 is 13.9. The van der Waals surface area contributed by atoms with Crippen molar-refractivity contribution in [1.82, 2.24) is 10.2 Å². The lowest BCUT2D eigenvalue weighted by molar-refractivity contribution is -0.384. The lowest BCUT2D eigenvalue weighted by Crippen LogP contribution is -2.48. The van der Waals surface area contributed by atoms with Crippen LogP contribution in [0, 0.1) is 15.9 Å². The number of halogens is 1. The first-order valence-corrected chi connectivity index (χ1v) is 7.00. The van der Waals surface area contributed by atoms with Gasteiger partial charge < -0.3 is 10.2 Å². The summed E-state index contributed by atoms with van der Waals surface area (Å²) in [6.45, 7) is 3.83. The van der Waals surface area contributed by atoms with Gasteiger partial charge in [-0.25, -0.2) is 4.39 Å². The summed E-state index contributed by atoms with van der Waals surface area (Å²) in [4.78, 5) is 24.2. The predicted molar refractivity (Wildman–Crippen MR) is 75.7 cm³/mol. The zero-order chi connectivity index (χ0) is 15.4. The van der Waals surface area contributed by atoms with E-state index in [0.29, 0.717) is 13.1 Å². The summed E-state index contributed by atoms with van der Waals surface area (Å²) in [5.41, 5.74) is -0.519. The van der Waals surface area contributed by atoms with Crippen LogP contribution in [0.3, 0.4) is 0 Å². The van der Waals surface area contributed by atoms with Crippen molar-refractivity contribution >= 4 is 11.6 Å². The number of carbonyl (C=O) groups is 1. The molecule has 0 aliphatic carbocycles. The minimum Gasteiger partial charge on any atom is -0.335 e. The van der Waals surface area contributed by atoms with Crippen LogP contribution in [0.25, 0.3) is 0 Å². The van der Waals surface area contributed by atoms with Crippen LogP contribution in [-0.4, -0.2) is 41.4 Å². The largest absolute Gasteiger partial charge is 0.335 e. The summed E-state index contributed by atoms with van der Waals surface area (Å²) in [6.07, 6.45) is 1.80. The van der Waals surface area contributed by atoms with E-state index < -0.39 is 16.6 Å². The zero-order valence-electron chi connectivity index (χ0n) is 11.8. The molecule has 1 aromatic rings. The molecule has 1 atom stereocenters. The SMILES string of the molecule is CCN(C(=O)c1cc([N+](=O)[O-])ccc1F)C1CCCNC1. The van der Waals surface area contributed by atoms with Gasteiger partial charge >= 0.3 is 0 Å². The van der Waals surface area contributed by atoms with Gasteiger partial charge in [0.05, 0.1) is 10.5 Å². The number of likely N-dealkylation sites (N-methyl/N-ethyl adjacent to an activating group) is 1. The molecule has 1 heterocycles. The molecule has 0 radical (unpaired) electrons. The molecule has 0 bridgehead atoms. The van der Waals surface area contributed by atoms with E-state index in [9.17, 15) is 19.3 Å². The molecule has 0 aromatic heterocycles. The van der Waals surface area contributed by atoms with Gasteiger partial charge in [-0.1, -0.05) is 0 Å². The van der Waals surface area contributed by atoms with Crippen LogP contribution in [0.5, 0.6) is 0 Å². The lowest BCUT2D eigenvalue weighted by Gasteiger charge is -2.34. The number of hydrogen-bond acceptors (Lipinski definition) is 4. The zero-order valence-corrected chi connectivity index (χ0v) is 11.8. The molecule has 1 N–H and O–H groups in total. The maximum absolute atomic E-state index is 13.9. The van der Waals surface area contributed by atoms with Crippen molar-refractivity contribution < 1.29 is 14.1 Å². The molecular weight excluding hydrogens is 277 g/mol. The number of nitro benzene ring substituents is 1. The van der Waals surface area contributed by atoms with E-state index in [4.69, 9.17) is 0 Å². The molecule has 1 aliphatic heterocycles. The number of carbonyl (C=O) groups excluding carboxylic acids is 1. The number of piperidine rings is 1. The second-order valence-electron chi connectivity index (χ2n) is 5.01. The first-order valence-electron chi connectivity index (χ1n) is 7.00. The molecular formula is C14H18FN3O3. The Morgan fingerprint density at radius 2 is 2.33 bits per heavy atom. The van der Waals surface area contributed by atoms with E-state index in [1.165, 1.54) is 0 Å². The molecule has 0 spiro atoms. The third-order valence-corrected chi connectivity index (χ3v) is 3.70. The van der Waals surface area contributed by atoms with Gasteiger partial charge in [-0.2, -0.15) is 0 Å². The Labute approximate surface area is 122 Å². The molecule has 0 saturated carbocycles. The van der Waals surface area contributed by atoms with Gasteiger partial charge in [0.1, 0.15) is 5.82 Å². The first-order chi connectivity index (χ1) is 10.0. The predicted octanol–water partition coefficient (Wildman–Crippen LogP) is 1.95. The highest BCUT2D eigenvalue weighted by molar-refractivity contribution is 5.95. The number of nitrogens with one attached hydrogen (secondary N) is 1. The molecule has 1 fully saturated rings. The summed E-state index contributed by atoms with van der Waals surface area (Å²) in [6, 6.07) is 3.04. The van der Waals surface area contributed by atoms with E-state index in [0.717, 1.165) is 37.6 Å². The van der Waals surface area contributed by atoms with Crippen molar-refractivity contribution in [3.8, 4) is 0 Å². The third-order valence-electron chi connectivity index (χ3n) is 3.70. The van der Waals surface area contributed by atoms with E-state index in [1.807, 2.05) is 6.92 Å². The molecule has 1 aromatic carbocycles. The van der Waals surface area contributed by atoms with Crippen molar-refractivity contribution in [2.24, 2.45) is 0 Å². The van der Waals surface area contributed by atoms with Crippen LogP contribution in [-0.2, 0) is 0 Å². The number of benzene rings is 1. The number of amides is 1. The van der Waals surface area contributed by atoms with Crippen molar-refractivity contribution in [3.63, 3.8) is 0 Å². The molecule has 7 heteroatoms. The molecule has 2 rings (SSSR count). The Hall–Kier alpha value is -2.02. The maximum atomic E-state index is 13.9. The van der Waals surface area contributed by atoms with E-state index in [2.05, 4.69) is 5.32 Å². The van der Waals surface area contributed by atoms with Crippen LogP contribution < -0.4 is 5.32 Å². The van der Waals surface area contributed by atoms with E-state index in [1.54, 1.807) is 4.90 Å². The molecule has 114 valence electrons. The van der Waals surface area contributed by atoms with Crippen LogP contribution in [0.1, 0.15) is 30.1 Å². The van der Waals surface area contributed by atoms with Gasteiger partial charge in [0.25, 0.3) is 11.6 Å². The van der Waals surface area contributed by atoms with Crippen molar-refractivity contribution in [1.29, 1.82) is 0 Å². The second-order valence-corrected chi connectivity index (χ2v) is 5.01. The van der Waals surface area contributed by atoms with Crippen LogP contribution in [0.15, 0.2) is 18.2 Å². The number of nitro groups is 1. The Morgan fingerprint density at radius 3 is 2.90 bits per heavy atom. The van der Waals surface area contributed by atoms with Crippen molar-refractivity contribution in [2.75, 3.05) is 19.6 Å². The smallest absolute Gasteiger partial charge is 0.270 e.